The number of aromatic nitrogens is 1. The van der Waals surface area contributed by atoms with E-state index in [9.17, 15) is 22.8 Å². The first-order valence-electron chi connectivity index (χ1n) is 9.71. The Labute approximate surface area is 198 Å². The third kappa shape index (κ3) is 4.42. The molecule has 0 radical (unpaired) electrons. The third-order valence-corrected chi connectivity index (χ3v) is 7.15. The minimum atomic E-state index is -4.94. The normalized spacial score (nSPS) is 16.5. The number of carbonyl (C=O) groups excluding carboxylic acids is 1. The number of alkyl halides is 3. The number of fused-ring (bicyclic) bond motifs is 1. The van der Waals surface area contributed by atoms with Crippen LogP contribution in [-0.2, 0) is 9.53 Å². The zero-order valence-electron chi connectivity index (χ0n) is 17.3. The van der Waals surface area contributed by atoms with Gasteiger partial charge in [0.05, 0.1) is 22.8 Å². The molecule has 11 heteroatoms. The van der Waals surface area contributed by atoms with Crippen LogP contribution < -0.4 is 14.9 Å². The van der Waals surface area contributed by atoms with Crippen molar-refractivity contribution in [2.75, 3.05) is 6.61 Å². The maximum Gasteiger partial charge on any atom is 0.434 e. The second kappa shape index (κ2) is 8.92. The lowest BCUT2D eigenvalue weighted by atomic mass is 9.95. The summed E-state index contributed by atoms with van der Waals surface area (Å²) in [5.41, 5.74) is -1.45. The fourth-order valence-electron chi connectivity index (χ4n) is 3.45. The smallest absolute Gasteiger partial charge is 0.434 e. The summed E-state index contributed by atoms with van der Waals surface area (Å²) in [5.74, 6) is -1.18. The summed E-state index contributed by atoms with van der Waals surface area (Å²) in [6.45, 7) is 3.22. The second-order valence-corrected chi connectivity index (χ2v) is 9.48. The second-order valence-electron chi connectivity index (χ2n) is 7.08. The van der Waals surface area contributed by atoms with E-state index in [1.54, 1.807) is 6.08 Å². The monoisotopic (exact) mass is 512 g/mol. The van der Waals surface area contributed by atoms with Gasteiger partial charge in [-0.1, -0.05) is 35.1 Å². The molecule has 0 fully saturated rings. The van der Waals surface area contributed by atoms with Crippen LogP contribution in [0.25, 0.3) is 6.08 Å². The lowest BCUT2D eigenvalue weighted by Crippen LogP contribution is -2.41. The van der Waals surface area contributed by atoms with Crippen LogP contribution in [0.5, 0.6) is 0 Å². The molecule has 2 aromatic heterocycles. The van der Waals surface area contributed by atoms with E-state index < -0.39 is 35.0 Å². The first kappa shape index (κ1) is 23.5. The SMILES string of the molecule is CCOC(=O)C1=C(C(F)(F)F)N=c2s/c(=C\c3sccc3C)c(=O)n2[C@H]1c1ccc(Cl)cc1. The summed E-state index contributed by atoms with van der Waals surface area (Å²) in [5, 5.41) is 2.21. The zero-order chi connectivity index (χ0) is 23.9. The maximum absolute atomic E-state index is 14.0. The van der Waals surface area contributed by atoms with E-state index in [2.05, 4.69) is 4.99 Å². The van der Waals surface area contributed by atoms with Gasteiger partial charge in [-0.3, -0.25) is 9.36 Å². The summed E-state index contributed by atoms with van der Waals surface area (Å²) in [6, 6.07) is 6.43. The molecule has 1 aliphatic rings. The molecule has 0 bridgehead atoms. The molecule has 0 saturated heterocycles. The molecule has 1 aromatic carbocycles. The predicted octanol–water partition coefficient (Wildman–Crippen LogP) is 4.36. The number of rotatable bonds is 4. The molecule has 0 saturated carbocycles. The van der Waals surface area contributed by atoms with E-state index in [0.717, 1.165) is 26.3 Å². The van der Waals surface area contributed by atoms with Crippen LogP contribution in [-0.4, -0.2) is 23.3 Å². The maximum atomic E-state index is 14.0. The molecular weight excluding hydrogens is 497 g/mol. The molecule has 3 aromatic rings. The lowest BCUT2D eigenvalue weighted by molar-refractivity contribution is -0.140. The number of esters is 1. The molecule has 0 N–H and O–H groups in total. The van der Waals surface area contributed by atoms with Gasteiger partial charge >= 0.3 is 12.1 Å². The Morgan fingerprint density at radius 2 is 1.97 bits per heavy atom. The molecule has 33 heavy (non-hydrogen) atoms. The molecule has 0 unspecified atom stereocenters. The Morgan fingerprint density at radius 1 is 1.27 bits per heavy atom. The van der Waals surface area contributed by atoms with Crippen molar-refractivity contribution >= 4 is 46.3 Å². The van der Waals surface area contributed by atoms with E-state index in [0.29, 0.717) is 5.02 Å². The first-order chi connectivity index (χ1) is 15.6. The van der Waals surface area contributed by atoms with Crippen LogP contribution in [0.3, 0.4) is 0 Å². The Bertz CT molecular complexity index is 1430. The van der Waals surface area contributed by atoms with Crippen molar-refractivity contribution in [2.24, 2.45) is 4.99 Å². The Kier molecular flexibility index (Phi) is 6.35. The number of carbonyl (C=O) groups is 1. The zero-order valence-corrected chi connectivity index (χ0v) is 19.7. The first-order valence-corrected chi connectivity index (χ1v) is 11.8. The number of aryl methyl sites for hydroxylation is 1. The van der Waals surface area contributed by atoms with Gasteiger partial charge in [0.15, 0.2) is 10.5 Å². The van der Waals surface area contributed by atoms with Crippen molar-refractivity contribution in [3.63, 3.8) is 0 Å². The third-order valence-electron chi connectivity index (χ3n) is 4.94. The van der Waals surface area contributed by atoms with Crippen LogP contribution in [0.1, 0.15) is 29.0 Å². The van der Waals surface area contributed by atoms with Crippen molar-refractivity contribution in [2.45, 2.75) is 26.1 Å². The summed E-state index contributed by atoms with van der Waals surface area (Å²) in [6.07, 6.45) is -3.31. The summed E-state index contributed by atoms with van der Waals surface area (Å²) in [4.78, 5) is 30.5. The minimum Gasteiger partial charge on any atom is -0.463 e. The van der Waals surface area contributed by atoms with Crippen molar-refractivity contribution < 1.29 is 22.7 Å². The van der Waals surface area contributed by atoms with Crippen molar-refractivity contribution in [3.8, 4) is 0 Å². The Morgan fingerprint density at radius 3 is 2.55 bits per heavy atom. The van der Waals surface area contributed by atoms with Crippen molar-refractivity contribution in [3.05, 3.63) is 87.7 Å². The molecule has 4 rings (SSSR count). The molecular formula is C22H16ClF3N2O3S2. The van der Waals surface area contributed by atoms with Crippen molar-refractivity contribution in [1.29, 1.82) is 0 Å². The number of hydrogen-bond acceptors (Lipinski definition) is 6. The molecule has 0 amide bonds. The van der Waals surface area contributed by atoms with Crippen molar-refractivity contribution in [1.82, 2.24) is 4.57 Å². The van der Waals surface area contributed by atoms with Gasteiger partial charge in [-0.05, 0) is 54.6 Å². The fraction of sp³-hybridized carbons (Fsp3) is 0.227. The van der Waals surface area contributed by atoms with Crippen LogP contribution in [0.2, 0.25) is 5.02 Å². The van der Waals surface area contributed by atoms with Gasteiger partial charge < -0.3 is 4.74 Å². The van der Waals surface area contributed by atoms with Gasteiger partial charge in [-0.25, -0.2) is 9.79 Å². The van der Waals surface area contributed by atoms with Crippen LogP contribution in [0.4, 0.5) is 13.2 Å². The number of ether oxygens (including phenoxy) is 1. The summed E-state index contributed by atoms with van der Waals surface area (Å²) in [7, 11) is 0. The number of benzene rings is 1. The quantitative estimate of drug-likeness (QED) is 0.488. The lowest BCUT2D eigenvalue weighted by Gasteiger charge is -2.26. The van der Waals surface area contributed by atoms with Gasteiger partial charge in [-0.15, -0.1) is 11.3 Å². The molecule has 3 heterocycles. The van der Waals surface area contributed by atoms with Crippen LogP contribution in [0, 0.1) is 6.92 Å². The van der Waals surface area contributed by atoms with E-state index in [-0.39, 0.29) is 21.5 Å². The van der Waals surface area contributed by atoms with E-state index >= 15 is 0 Å². The highest BCUT2D eigenvalue weighted by molar-refractivity contribution is 7.11. The van der Waals surface area contributed by atoms with Gasteiger partial charge in [0.1, 0.15) is 0 Å². The molecule has 0 spiro atoms. The summed E-state index contributed by atoms with van der Waals surface area (Å²) >= 11 is 8.21. The number of nitrogens with zero attached hydrogens (tertiary/aromatic N) is 2. The topological polar surface area (TPSA) is 60.7 Å². The van der Waals surface area contributed by atoms with E-state index in [1.807, 2.05) is 18.4 Å². The molecule has 1 atom stereocenters. The highest BCUT2D eigenvalue weighted by atomic mass is 35.5. The van der Waals surface area contributed by atoms with Crippen LogP contribution >= 0.6 is 34.3 Å². The standard InChI is InChI=1S/C22H16ClF3N2O3S2/c1-3-31-20(30)16-17(12-4-6-13(23)7-5-12)28-19(29)15(10-14-11(2)8-9-32-14)33-21(28)27-18(16)22(24,25)26/h4-10,17H,3H2,1-2H3/b15-10-/t17-/m0/s1. The highest BCUT2D eigenvalue weighted by Crippen LogP contribution is 2.38. The molecule has 1 aliphatic heterocycles. The molecule has 172 valence electrons. The van der Waals surface area contributed by atoms with E-state index in [1.165, 1.54) is 42.5 Å². The van der Waals surface area contributed by atoms with E-state index in [4.69, 9.17) is 16.3 Å². The van der Waals surface area contributed by atoms with Crippen LogP contribution in [0.15, 0.2) is 56.8 Å². The number of hydrogen-bond donors (Lipinski definition) is 0. The number of thiazole rings is 1. The molecule has 5 nitrogen and oxygen atoms in total. The number of thiophene rings is 1. The average Bonchev–Trinajstić information content (AvgIpc) is 3.30. The largest absolute Gasteiger partial charge is 0.463 e. The molecule has 0 aliphatic carbocycles. The summed E-state index contributed by atoms with van der Waals surface area (Å²) < 4.78 is 48.4. The predicted molar refractivity (Wildman–Crippen MR) is 121 cm³/mol. The Hall–Kier alpha value is -2.69. The van der Waals surface area contributed by atoms with Gasteiger partial charge in [-0.2, -0.15) is 13.2 Å². The average molecular weight is 513 g/mol. The minimum absolute atomic E-state index is 0.136. The Balaban J connectivity index is 2.07. The fourth-order valence-corrected chi connectivity index (χ4v) is 5.49. The van der Waals surface area contributed by atoms with Gasteiger partial charge in [0.25, 0.3) is 5.56 Å². The van der Waals surface area contributed by atoms with Gasteiger partial charge in [0, 0.05) is 9.90 Å². The number of halogens is 4. The van der Waals surface area contributed by atoms with Gasteiger partial charge in [0.2, 0.25) is 0 Å². The highest BCUT2D eigenvalue weighted by Gasteiger charge is 2.45. The number of allylic oxidation sites excluding steroid dienone is 1.